The minimum atomic E-state index is 0.502. The quantitative estimate of drug-likeness (QED) is 0.617. The lowest BCUT2D eigenvalue weighted by molar-refractivity contribution is 0.852. The number of rotatable bonds is 1. The molecule has 0 fully saturated rings. The van der Waals surface area contributed by atoms with E-state index in [1.807, 2.05) is 0 Å². The highest BCUT2D eigenvalue weighted by atomic mass is 35.5. The van der Waals surface area contributed by atoms with Gasteiger partial charge in [0.2, 0.25) is 0 Å². The predicted octanol–water partition coefficient (Wildman–Crippen LogP) is 2.92. The molecule has 1 rings (SSSR count). The van der Waals surface area contributed by atoms with Gasteiger partial charge in [-0.25, -0.2) is 4.98 Å². The fourth-order valence-electron chi connectivity index (χ4n) is 0.534. The van der Waals surface area contributed by atoms with Crippen molar-refractivity contribution in [3.05, 3.63) is 15.5 Å². The summed E-state index contributed by atoms with van der Waals surface area (Å²) in [7, 11) is 0. The van der Waals surface area contributed by atoms with Crippen LogP contribution in [0.3, 0.4) is 0 Å². The zero-order valence-electron chi connectivity index (χ0n) is 5.39. The molecule has 50 valence electrons. The molecule has 9 heavy (non-hydrogen) atoms. The van der Waals surface area contributed by atoms with Crippen molar-refractivity contribution in [2.75, 3.05) is 0 Å². The number of hydrogen-bond donors (Lipinski definition) is 0. The van der Waals surface area contributed by atoms with Crippen molar-refractivity contribution in [3.63, 3.8) is 0 Å². The normalized spacial score (nSPS) is 10.7. The molecule has 0 aliphatic rings. The summed E-state index contributed by atoms with van der Waals surface area (Å²) in [6, 6.07) is 0. The van der Waals surface area contributed by atoms with Gasteiger partial charge in [0, 0.05) is 5.92 Å². The Morgan fingerprint density at radius 3 is 2.56 bits per heavy atom. The average Bonchev–Trinajstić information content (AvgIpc) is 2.14. The highest BCUT2D eigenvalue weighted by Crippen LogP contribution is 2.24. The number of thiazole rings is 1. The van der Waals surface area contributed by atoms with Crippen LogP contribution in [0.5, 0.6) is 0 Å². The molecule has 1 aromatic heterocycles. The molecule has 0 saturated heterocycles. The van der Waals surface area contributed by atoms with Gasteiger partial charge in [-0.2, -0.15) is 0 Å². The molecule has 0 amide bonds. The third-order valence-electron chi connectivity index (χ3n) is 0.989. The summed E-state index contributed by atoms with van der Waals surface area (Å²) in [5.41, 5.74) is 0. The van der Waals surface area contributed by atoms with E-state index in [1.54, 1.807) is 17.5 Å². The van der Waals surface area contributed by atoms with Crippen molar-refractivity contribution < 1.29 is 0 Å². The van der Waals surface area contributed by atoms with Gasteiger partial charge in [-0.1, -0.05) is 25.4 Å². The van der Waals surface area contributed by atoms with Gasteiger partial charge in [0.05, 0.1) is 11.2 Å². The van der Waals surface area contributed by atoms with Crippen LogP contribution in [0, 0.1) is 0 Å². The van der Waals surface area contributed by atoms with Gasteiger partial charge < -0.3 is 0 Å². The molecule has 3 heteroatoms. The molecule has 1 aromatic rings. The lowest BCUT2D eigenvalue weighted by atomic mass is 10.2. The monoisotopic (exact) mass is 161 g/mol. The van der Waals surface area contributed by atoms with E-state index in [1.165, 1.54) is 0 Å². The fraction of sp³-hybridized carbons (Fsp3) is 0.500. The van der Waals surface area contributed by atoms with Crippen molar-refractivity contribution in [1.29, 1.82) is 0 Å². The maximum atomic E-state index is 5.66. The Morgan fingerprint density at radius 2 is 2.33 bits per heavy atom. The van der Waals surface area contributed by atoms with E-state index in [2.05, 4.69) is 18.8 Å². The van der Waals surface area contributed by atoms with E-state index in [4.69, 9.17) is 11.6 Å². The zero-order chi connectivity index (χ0) is 6.85. The van der Waals surface area contributed by atoms with Crippen LogP contribution >= 0.6 is 22.9 Å². The summed E-state index contributed by atoms with van der Waals surface area (Å²) in [5, 5.41) is 1.11. The minimum absolute atomic E-state index is 0.502. The van der Waals surface area contributed by atoms with Gasteiger partial charge in [-0.3, -0.25) is 0 Å². The summed E-state index contributed by atoms with van der Waals surface area (Å²) in [6.07, 6.45) is 1.70. The maximum absolute atomic E-state index is 5.66. The molecule has 1 nitrogen and oxygen atoms in total. The smallest absolute Gasteiger partial charge is 0.113 e. The van der Waals surface area contributed by atoms with Gasteiger partial charge in [0.25, 0.3) is 0 Å². The largest absolute Gasteiger partial charge is 0.248 e. The van der Waals surface area contributed by atoms with Crippen LogP contribution in [0.15, 0.2) is 6.20 Å². The summed E-state index contributed by atoms with van der Waals surface area (Å²) >= 11 is 7.21. The Balaban J connectivity index is 2.85. The Hall–Kier alpha value is -0.0800. The van der Waals surface area contributed by atoms with Gasteiger partial charge >= 0.3 is 0 Å². The lowest BCUT2D eigenvalue weighted by Gasteiger charge is -1.94. The SMILES string of the molecule is CC(C)c1ncc(Cl)s1. The molecule has 0 bridgehead atoms. The number of aromatic nitrogens is 1. The molecule has 0 spiro atoms. The topological polar surface area (TPSA) is 12.9 Å². The predicted molar refractivity (Wildman–Crippen MR) is 41.2 cm³/mol. The first kappa shape index (κ1) is 7.03. The maximum Gasteiger partial charge on any atom is 0.113 e. The van der Waals surface area contributed by atoms with Crippen LogP contribution in [0.4, 0.5) is 0 Å². The number of nitrogens with zero attached hydrogens (tertiary/aromatic N) is 1. The number of hydrogen-bond acceptors (Lipinski definition) is 2. The molecule has 0 unspecified atom stereocenters. The second-order valence-electron chi connectivity index (χ2n) is 2.16. The molecule has 0 aliphatic heterocycles. The molecule has 0 N–H and O–H groups in total. The lowest BCUT2D eigenvalue weighted by Crippen LogP contribution is -1.81. The standard InChI is InChI=1S/C6H8ClNS/c1-4(2)6-8-3-5(7)9-6/h3-4H,1-2H3. The van der Waals surface area contributed by atoms with Crippen LogP contribution in [0.2, 0.25) is 4.34 Å². The van der Waals surface area contributed by atoms with E-state index in [-0.39, 0.29) is 0 Å². The summed E-state index contributed by atoms with van der Waals surface area (Å²) in [4.78, 5) is 4.10. The van der Waals surface area contributed by atoms with Crippen LogP contribution < -0.4 is 0 Å². The fourth-order valence-corrected chi connectivity index (χ4v) is 1.47. The van der Waals surface area contributed by atoms with Crippen molar-refractivity contribution in [3.8, 4) is 0 Å². The first-order valence-corrected chi connectivity index (χ1v) is 4.01. The van der Waals surface area contributed by atoms with Gasteiger partial charge in [-0.15, -0.1) is 11.3 Å². The molecule has 0 aliphatic carbocycles. The molecular weight excluding hydrogens is 154 g/mol. The molecule has 1 heterocycles. The highest BCUT2D eigenvalue weighted by Gasteiger charge is 2.02. The minimum Gasteiger partial charge on any atom is -0.248 e. The molecule has 0 saturated carbocycles. The van der Waals surface area contributed by atoms with Crippen molar-refractivity contribution in [1.82, 2.24) is 4.98 Å². The second kappa shape index (κ2) is 2.67. The molecular formula is C6H8ClNS. The van der Waals surface area contributed by atoms with E-state index in [9.17, 15) is 0 Å². The third kappa shape index (κ3) is 1.66. The molecule has 0 radical (unpaired) electrons. The summed E-state index contributed by atoms with van der Waals surface area (Å²) < 4.78 is 0.777. The first-order chi connectivity index (χ1) is 4.20. The Kier molecular flexibility index (Phi) is 2.09. The van der Waals surface area contributed by atoms with Crippen molar-refractivity contribution in [2.45, 2.75) is 19.8 Å². The van der Waals surface area contributed by atoms with Gasteiger partial charge in [0.1, 0.15) is 4.34 Å². The van der Waals surface area contributed by atoms with E-state index >= 15 is 0 Å². The second-order valence-corrected chi connectivity index (χ2v) is 3.85. The zero-order valence-corrected chi connectivity index (χ0v) is 6.96. The Morgan fingerprint density at radius 1 is 1.67 bits per heavy atom. The van der Waals surface area contributed by atoms with Crippen LogP contribution in [0.25, 0.3) is 0 Å². The summed E-state index contributed by atoms with van der Waals surface area (Å²) in [5.74, 6) is 0.502. The number of halogens is 1. The van der Waals surface area contributed by atoms with E-state index in [0.717, 1.165) is 9.34 Å². The van der Waals surface area contributed by atoms with Crippen molar-refractivity contribution in [2.24, 2.45) is 0 Å². The third-order valence-corrected chi connectivity index (χ3v) is 2.40. The van der Waals surface area contributed by atoms with Crippen molar-refractivity contribution >= 4 is 22.9 Å². The van der Waals surface area contributed by atoms with Gasteiger partial charge in [-0.05, 0) is 0 Å². The Labute approximate surface area is 63.7 Å². The highest BCUT2D eigenvalue weighted by molar-refractivity contribution is 7.15. The summed E-state index contributed by atoms with van der Waals surface area (Å²) in [6.45, 7) is 4.21. The average molecular weight is 162 g/mol. The van der Waals surface area contributed by atoms with E-state index in [0.29, 0.717) is 5.92 Å². The Bertz CT molecular complexity index is 195. The van der Waals surface area contributed by atoms with Crippen LogP contribution in [0.1, 0.15) is 24.8 Å². The molecule has 0 aromatic carbocycles. The van der Waals surface area contributed by atoms with Gasteiger partial charge in [0.15, 0.2) is 0 Å². The van der Waals surface area contributed by atoms with Crippen LogP contribution in [-0.2, 0) is 0 Å². The first-order valence-electron chi connectivity index (χ1n) is 2.81. The molecule has 0 atom stereocenters. The van der Waals surface area contributed by atoms with Crippen LogP contribution in [-0.4, -0.2) is 4.98 Å². The van der Waals surface area contributed by atoms with E-state index < -0.39 is 0 Å².